The highest BCUT2D eigenvalue weighted by Gasteiger charge is 2.03. The van der Waals surface area contributed by atoms with Gasteiger partial charge in [-0.25, -0.2) is 0 Å². The Kier molecular flexibility index (Phi) is 2.91. The summed E-state index contributed by atoms with van der Waals surface area (Å²) >= 11 is 0. The minimum atomic E-state index is 0.239. The Labute approximate surface area is 92.4 Å². The zero-order valence-corrected chi connectivity index (χ0v) is 8.67. The van der Waals surface area contributed by atoms with Crippen LogP contribution in [0.4, 0.5) is 0 Å². The number of carbonyl (C=O) groups excluding carboxylic acids is 1. The lowest BCUT2D eigenvalue weighted by molar-refractivity contribution is 0.109. The van der Waals surface area contributed by atoms with Gasteiger partial charge in [-0.2, -0.15) is 0 Å². The Bertz CT molecular complexity index is 470. The summed E-state index contributed by atoms with van der Waals surface area (Å²) in [6.07, 6.45) is 0.626. The highest BCUT2D eigenvalue weighted by Crippen LogP contribution is 2.24. The Morgan fingerprint density at radius 1 is 1.06 bits per heavy atom. The number of hydrogen-bond donors (Lipinski definition) is 0. The van der Waals surface area contributed by atoms with Gasteiger partial charge in [0.15, 0.2) is 12.0 Å². The van der Waals surface area contributed by atoms with E-state index in [1.54, 1.807) is 43.5 Å². The fourth-order valence-electron chi connectivity index (χ4n) is 1.21. The first-order valence-corrected chi connectivity index (χ1v) is 4.69. The third-order valence-corrected chi connectivity index (χ3v) is 2.00. The second kappa shape index (κ2) is 4.53. The van der Waals surface area contributed by atoms with Gasteiger partial charge < -0.3 is 13.9 Å². The van der Waals surface area contributed by atoms with Crippen LogP contribution in [-0.4, -0.2) is 13.4 Å². The van der Waals surface area contributed by atoms with Crippen molar-refractivity contribution in [3.8, 4) is 17.4 Å². The van der Waals surface area contributed by atoms with Crippen LogP contribution in [0.15, 0.2) is 40.8 Å². The van der Waals surface area contributed by atoms with Crippen LogP contribution in [0.5, 0.6) is 17.4 Å². The first-order chi connectivity index (χ1) is 7.81. The third-order valence-electron chi connectivity index (χ3n) is 2.00. The second-order valence-corrected chi connectivity index (χ2v) is 3.05. The van der Waals surface area contributed by atoms with E-state index in [4.69, 9.17) is 13.9 Å². The minimum Gasteiger partial charge on any atom is -0.497 e. The minimum absolute atomic E-state index is 0.239. The maximum atomic E-state index is 10.4. The molecule has 0 amide bonds. The first-order valence-electron chi connectivity index (χ1n) is 4.69. The van der Waals surface area contributed by atoms with Crippen LogP contribution in [0.3, 0.4) is 0 Å². The molecular weight excluding hydrogens is 208 g/mol. The van der Waals surface area contributed by atoms with Crippen LogP contribution in [0.1, 0.15) is 10.6 Å². The van der Waals surface area contributed by atoms with Crippen molar-refractivity contribution in [2.75, 3.05) is 7.11 Å². The molecule has 4 heteroatoms. The largest absolute Gasteiger partial charge is 0.497 e. The standard InChI is InChI=1S/C12H10O4/c1-14-9-2-4-10(5-3-9)15-12-7-6-11(8-13)16-12/h2-8H,1H3. The summed E-state index contributed by atoms with van der Waals surface area (Å²) in [5.74, 6) is 1.89. The van der Waals surface area contributed by atoms with Gasteiger partial charge in [-0.15, -0.1) is 0 Å². The number of aldehydes is 1. The Morgan fingerprint density at radius 2 is 1.75 bits per heavy atom. The van der Waals surface area contributed by atoms with Crippen molar-refractivity contribution in [1.82, 2.24) is 0 Å². The zero-order chi connectivity index (χ0) is 11.4. The van der Waals surface area contributed by atoms with E-state index in [2.05, 4.69) is 0 Å². The van der Waals surface area contributed by atoms with Crippen molar-refractivity contribution in [2.45, 2.75) is 0 Å². The number of methoxy groups -OCH3 is 1. The fourth-order valence-corrected chi connectivity index (χ4v) is 1.21. The smallest absolute Gasteiger partial charge is 0.290 e. The monoisotopic (exact) mass is 218 g/mol. The molecular formula is C12H10O4. The number of rotatable bonds is 4. The van der Waals surface area contributed by atoms with Crippen LogP contribution >= 0.6 is 0 Å². The number of furan rings is 1. The van der Waals surface area contributed by atoms with E-state index in [0.29, 0.717) is 12.0 Å². The molecule has 1 heterocycles. The number of carbonyl (C=O) groups is 1. The first kappa shape index (κ1) is 10.3. The molecule has 1 aromatic heterocycles. The van der Waals surface area contributed by atoms with E-state index >= 15 is 0 Å². The molecule has 0 atom stereocenters. The highest BCUT2D eigenvalue weighted by atomic mass is 16.6. The fraction of sp³-hybridized carbons (Fsp3) is 0.0833. The molecule has 0 bridgehead atoms. The predicted molar refractivity (Wildman–Crippen MR) is 57.2 cm³/mol. The number of hydrogen-bond acceptors (Lipinski definition) is 4. The molecule has 16 heavy (non-hydrogen) atoms. The van der Waals surface area contributed by atoms with Crippen LogP contribution in [-0.2, 0) is 0 Å². The van der Waals surface area contributed by atoms with Gasteiger partial charge in [0.05, 0.1) is 7.11 Å². The lowest BCUT2D eigenvalue weighted by atomic mass is 10.3. The second-order valence-electron chi connectivity index (χ2n) is 3.05. The van der Waals surface area contributed by atoms with Gasteiger partial charge >= 0.3 is 0 Å². The van der Waals surface area contributed by atoms with E-state index in [1.165, 1.54) is 0 Å². The molecule has 0 aliphatic carbocycles. The van der Waals surface area contributed by atoms with Gasteiger partial charge in [0.1, 0.15) is 11.5 Å². The van der Waals surface area contributed by atoms with Gasteiger partial charge in [0, 0.05) is 6.07 Å². The van der Waals surface area contributed by atoms with Gasteiger partial charge in [-0.1, -0.05) is 0 Å². The van der Waals surface area contributed by atoms with Crippen molar-refractivity contribution < 1.29 is 18.7 Å². The Hall–Kier alpha value is -2.23. The number of ether oxygens (including phenoxy) is 2. The van der Waals surface area contributed by atoms with Crippen molar-refractivity contribution in [3.63, 3.8) is 0 Å². The molecule has 0 unspecified atom stereocenters. The molecule has 0 saturated heterocycles. The molecule has 0 N–H and O–H groups in total. The normalized spacial score (nSPS) is 9.81. The lowest BCUT2D eigenvalue weighted by Gasteiger charge is -2.03. The summed E-state index contributed by atoms with van der Waals surface area (Å²) in [5.41, 5.74) is 0. The molecule has 2 aromatic rings. The molecule has 4 nitrogen and oxygen atoms in total. The molecule has 0 spiro atoms. The van der Waals surface area contributed by atoms with Gasteiger partial charge in [0.25, 0.3) is 5.95 Å². The van der Waals surface area contributed by atoms with E-state index in [0.717, 1.165) is 5.75 Å². The lowest BCUT2D eigenvalue weighted by Crippen LogP contribution is -1.84. The van der Waals surface area contributed by atoms with E-state index in [9.17, 15) is 4.79 Å². The predicted octanol–water partition coefficient (Wildman–Crippen LogP) is 2.89. The average Bonchev–Trinajstić information content (AvgIpc) is 2.78. The summed E-state index contributed by atoms with van der Waals surface area (Å²) in [4.78, 5) is 10.4. The molecule has 0 aliphatic heterocycles. The SMILES string of the molecule is COc1ccc(Oc2ccc(C=O)o2)cc1. The van der Waals surface area contributed by atoms with Crippen molar-refractivity contribution >= 4 is 6.29 Å². The summed E-state index contributed by atoms with van der Waals surface area (Å²) in [5, 5.41) is 0. The van der Waals surface area contributed by atoms with Crippen LogP contribution in [0, 0.1) is 0 Å². The maximum Gasteiger partial charge on any atom is 0.290 e. The molecule has 0 fully saturated rings. The van der Waals surface area contributed by atoms with E-state index in [1.807, 2.05) is 0 Å². The molecule has 0 aliphatic rings. The van der Waals surface area contributed by atoms with E-state index < -0.39 is 0 Å². The Balaban J connectivity index is 2.10. The summed E-state index contributed by atoms with van der Waals surface area (Å²) in [6.45, 7) is 0. The van der Waals surface area contributed by atoms with Crippen LogP contribution < -0.4 is 9.47 Å². The van der Waals surface area contributed by atoms with Crippen molar-refractivity contribution in [1.29, 1.82) is 0 Å². The molecule has 0 radical (unpaired) electrons. The maximum absolute atomic E-state index is 10.4. The summed E-state index contributed by atoms with van der Waals surface area (Å²) < 4.78 is 15.5. The van der Waals surface area contributed by atoms with Gasteiger partial charge in [-0.3, -0.25) is 4.79 Å². The number of benzene rings is 1. The zero-order valence-electron chi connectivity index (χ0n) is 8.67. The van der Waals surface area contributed by atoms with Gasteiger partial charge in [-0.05, 0) is 30.3 Å². The summed E-state index contributed by atoms with van der Waals surface area (Å²) in [6, 6.07) is 10.2. The quantitative estimate of drug-likeness (QED) is 0.740. The van der Waals surface area contributed by atoms with Crippen molar-refractivity contribution in [2.24, 2.45) is 0 Å². The highest BCUT2D eigenvalue weighted by molar-refractivity contribution is 5.70. The third kappa shape index (κ3) is 2.23. The van der Waals surface area contributed by atoms with Crippen molar-refractivity contribution in [3.05, 3.63) is 42.2 Å². The molecule has 0 saturated carbocycles. The molecule has 1 aromatic carbocycles. The average molecular weight is 218 g/mol. The van der Waals surface area contributed by atoms with Gasteiger partial charge in [0.2, 0.25) is 0 Å². The van der Waals surface area contributed by atoms with E-state index in [-0.39, 0.29) is 11.7 Å². The molecule has 2 rings (SSSR count). The molecule has 82 valence electrons. The van der Waals surface area contributed by atoms with Crippen LogP contribution in [0.25, 0.3) is 0 Å². The Morgan fingerprint density at radius 3 is 2.31 bits per heavy atom. The summed E-state index contributed by atoms with van der Waals surface area (Å²) in [7, 11) is 1.60. The van der Waals surface area contributed by atoms with Crippen LogP contribution in [0.2, 0.25) is 0 Å². The topological polar surface area (TPSA) is 48.7 Å².